The van der Waals surface area contributed by atoms with E-state index in [4.69, 9.17) is 14.2 Å². The van der Waals surface area contributed by atoms with E-state index >= 15 is 0 Å². The summed E-state index contributed by atoms with van der Waals surface area (Å²) in [7, 11) is 0. The van der Waals surface area contributed by atoms with Crippen LogP contribution in [0.4, 0.5) is 4.79 Å². The molecule has 0 bridgehead atoms. The van der Waals surface area contributed by atoms with Crippen molar-refractivity contribution in [3.05, 3.63) is 0 Å². The number of rotatable bonds is 7. The summed E-state index contributed by atoms with van der Waals surface area (Å²) in [5, 5.41) is 0. The van der Waals surface area contributed by atoms with Gasteiger partial charge in [0, 0.05) is 13.2 Å². The van der Waals surface area contributed by atoms with Crippen LogP contribution in [0.5, 0.6) is 0 Å². The van der Waals surface area contributed by atoms with Crippen LogP contribution in [0.2, 0.25) is 0 Å². The lowest BCUT2D eigenvalue weighted by Crippen LogP contribution is -2.39. The van der Waals surface area contributed by atoms with Gasteiger partial charge in [0.15, 0.2) is 0 Å². The molecule has 1 aliphatic rings. The van der Waals surface area contributed by atoms with Gasteiger partial charge in [-0.3, -0.25) is 0 Å². The second kappa shape index (κ2) is 7.99. The Morgan fingerprint density at radius 2 is 1.95 bits per heavy atom. The van der Waals surface area contributed by atoms with E-state index in [0.717, 1.165) is 25.9 Å². The lowest BCUT2D eigenvalue weighted by molar-refractivity contribution is -0.0514. The molecule has 1 fully saturated rings. The molecule has 0 aromatic carbocycles. The van der Waals surface area contributed by atoms with Crippen molar-refractivity contribution in [1.29, 1.82) is 0 Å². The molecule has 0 saturated carbocycles. The van der Waals surface area contributed by atoms with Gasteiger partial charge in [0.25, 0.3) is 0 Å². The van der Waals surface area contributed by atoms with Gasteiger partial charge in [-0.2, -0.15) is 0 Å². The van der Waals surface area contributed by atoms with E-state index in [2.05, 4.69) is 6.92 Å². The number of unbranched alkanes of at least 4 members (excludes halogenated alkanes) is 1. The van der Waals surface area contributed by atoms with E-state index < -0.39 is 5.60 Å². The number of carbonyl (C=O) groups excluding carboxylic acids is 1. The van der Waals surface area contributed by atoms with Gasteiger partial charge in [-0.05, 0) is 40.5 Å². The van der Waals surface area contributed by atoms with Crippen molar-refractivity contribution in [3.8, 4) is 0 Å². The summed E-state index contributed by atoms with van der Waals surface area (Å²) < 4.78 is 16.8. The molecular weight excluding hydrogens is 270 g/mol. The van der Waals surface area contributed by atoms with Crippen LogP contribution in [0, 0.1) is 0 Å². The molecule has 1 heterocycles. The predicted molar refractivity (Wildman–Crippen MR) is 82.5 cm³/mol. The summed E-state index contributed by atoms with van der Waals surface area (Å²) in [5.41, 5.74) is -0.741. The topological polar surface area (TPSA) is 48.0 Å². The molecule has 5 heteroatoms. The van der Waals surface area contributed by atoms with Crippen molar-refractivity contribution >= 4 is 6.09 Å². The minimum atomic E-state index is -0.454. The molecular formula is C16H31NO4. The van der Waals surface area contributed by atoms with Crippen LogP contribution in [0.3, 0.4) is 0 Å². The molecule has 5 nitrogen and oxygen atoms in total. The third kappa shape index (κ3) is 7.14. The van der Waals surface area contributed by atoms with Crippen molar-refractivity contribution in [1.82, 2.24) is 4.90 Å². The number of hydrogen-bond acceptors (Lipinski definition) is 4. The molecule has 1 aliphatic heterocycles. The molecule has 0 radical (unpaired) electrons. The molecule has 124 valence electrons. The number of likely N-dealkylation sites (tertiary alicyclic amines) is 1. The Bertz CT molecular complexity index is 327. The van der Waals surface area contributed by atoms with Gasteiger partial charge >= 0.3 is 6.09 Å². The summed E-state index contributed by atoms with van der Waals surface area (Å²) in [5.74, 6) is 0. The van der Waals surface area contributed by atoms with E-state index in [9.17, 15) is 4.79 Å². The van der Waals surface area contributed by atoms with Gasteiger partial charge in [0.2, 0.25) is 0 Å². The molecule has 21 heavy (non-hydrogen) atoms. The largest absolute Gasteiger partial charge is 0.444 e. The minimum Gasteiger partial charge on any atom is -0.444 e. The summed E-state index contributed by atoms with van der Waals surface area (Å²) >= 11 is 0. The van der Waals surface area contributed by atoms with E-state index in [1.807, 2.05) is 27.7 Å². The zero-order chi connectivity index (χ0) is 15.9. The van der Waals surface area contributed by atoms with Crippen molar-refractivity contribution in [2.75, 3.05) is 32.9 Å². The van der Waals surface area contributed by atoms with Gasteiger partial charge < -0.3 is 19.1 Å². The van der Waals surface area contributed by atoms with Crippen molar-refractivity contribution in [2.45, 2.75) is 65.1 Å². The third-order valence-corrected chi connectivity index (χ3v) is 3.41. The molecule has 0 aliphatic carbocycles. The molecule has 0 spiro atoms. The second-order valence-electron chi connectivity index (χ2n) is 6.92. The number of nitrogens with zero attached hydrogens (tertiary/aromatic N) is 1. The van der Waals surface area contributed by atoms with Crippen LogP contribution >= 0.6 is 0 Å². The summed E-state index contributed by atoms with van der Waals surface area (Å²) in [6.07, 6.45) is 2.81. The first-order valence-electron chi connectivity index (χ1n) is 7.95. The first-order valence-corrected chi connectivity index (χ1v) is 7.95. The van der Waals surface area contributed by atoms with Gasteiger partial charge in [0.1, 0.15) is 5.60 Å². The van der Waals surface area contributed by atoms with E-state index in [1.165, 1.54) is 0 Å². The Labute approximate surface area is 128 Å². The Kier molecular flexibility index (Phi) is 6.94. The standard InChI is InChI=1S/C16H31NO4/c1-6-7-10-19-11-12-20-16(5)8-9-17(13-16)14(18)21-15(2,3)4/h6-13H2,1-5H3. The van der Waals surface area contributed by atoms with Gasteiger partial charge in [0.05, 0.1) is 25.4 Å². The molecule has 0 aromatic heterocycles. The van der Waals surface area contributed by atoms with E-state index in [0.29, 0.717) is 26.3 Å². The van der Waals surface area contributed by atoms with Crippen molar-refractivity contribution in [3.63, 3.8) is 0 Å². The minimum absolute atomic E-state index is 0.256. The van der Waals surface area contributed by atoms with Crippen LogP contribution in [-0.4, -0.2) is 55.1 Å². The van der Waals surface area contributed by atoms with E-state index in [-0.39, 0.29) is 11.7 Å². The fraction of sp³-hybridized carbons (Fsp3) is 0.938. The molecule has 1 atom stereocenters. The highest BCUT2D eigenvalue weighted by atomic mass is 16.6. The Morgan fingerprint density at radius 3 is 2.57 bits per heavy atom. The van der Waals surface area contributed by atoms with Crippen LogP contribution in [0.25, 0.3) is 0 Å². The van der Waals surface area contributed by atoms with Crippen LogP contribution < -0.4 is 0 Å². The van der Waals surface area contributed by atoms with E-state index in [1.54, 1.807) is 4.90 Å². The van der Waals surface area contributed by atoms with Crippen molar-refractivity contribution < 1.29 is 19.0 Å². The number of carbonyl (C=O) groups is 1. The zero-order valence-corrected chi connectivity index (χ0v) is 14.2. The first-order chi connectivity index (χ1) is 9.76. The average molecular weight is 301 g/mol. The third-order valence-electron chi connectivity index (χ3n) is 3.41. The lowest BCUT2D eigenvalue weighted by atomic mass is 10.1. The highest BCUT2D eigenvalue weighted by Crippen LogP contribution is 2.26. The SMILES string of the molecule is CCCCOCCOC1(C)CCN(C(=O)OC(C)(C)C)C1. The maximum atomic E-state index is 12.0. The van der Waals surface area contributed by atoms with Gasteiger partial charge in [-0.15, -0.1) is 0 Å². The Balaban J connectivity index is 2.26. The quantitative estimate of drug-likeness (QED) is 0.677. The Hall–Kier alpha value is -0.810. The van der Waals surface area contributed by atoms with Gasteiger partial charge in [-0.25, -0.2) is 4.79 Å². The summed E-state index contributed by atoms with van der Waals surface area (Å²) in [4.78, 5) is 13.7. The Morgan fingerprint density at radius 1 is 1.24 bits per heavy atom. The predicted octanol–water partition coefficient (Wildman–Crippen LogP) is 3.22. The first kappa shape index (κ1) is 18.2. The molecule has 0 N–H and O–H groups in total. The molecule has 1 rings (SSSR count). The maximum Gasteiger partial charge on any atom is 0.410 e. The summed E-state index contributed by atoms with van der Waals surface area (Å²) in [6, 6.07) is 0. The van der Waals surface area contributed by atoms with Crippen molar-refractivity contribution in [2.24, 2.45) is 0 Å². The second-order valence-corrected chi connectivity index (χ2v) is 6.92. The summed E-state index contributed by atoms with van der Waals surface area (Å²) in [6.45, 7) is 13.1. The lowest BCUT2D eigenvalue weighted by Gasteiger charge is -2.27. The average Bonchev–Trinajstić information content (AvgIpc) is 2.75. The van der Waals surface area contributed by atoms with Crippen LogP contribution in [0.1, 0.15) is 53.9 Å². The highest BCUT2D eigenvalue weighted by molar-refractivity contribution is 5.68. The smallest absolute Gasteiger partial charge is 0.410 e. The fourth-order valence-corrected chi connectivity index (χ4v) is 2.23. The number of hydrogen-bond donors (Lipinski definition) is 0. The molecule has 1 unspecified atom stereocenters. The van der Waals surface area contributed by atoms with Gasteiger partial charge in [-0.1, -0.05) is 13.3 Å². The highest BCUT2D eigenvalue weighted by Gasteiger charge is 2.38. The molecule has 0 aromatic rings. The molecule has 1 amide bonds. The maximum absolute atomic E-state index is 12.0. The number of ether oxygens (including phenoxy) is 3. The zero-order valence-electron chi connectivity index (χ0n) is 14.2. The van der Waals surface area contributed by atoms with Crippen LogP contribution in [0.15, 0.2) is 0 Å². The monoisotopic (exact) mass is 301 g/mol. The fourth-order valence-electron chi connectivity index (χ4n) is 2.23. The molecule has 1 saturated heterocycles. The normalized spacial score (nSPS) is 22.6. The number of amides is 1. The van der Waals surface area contributed by atoms with Crippen LogP contribution in [-0.2, 0) is 14.2 Å².